The van der Waals surface area contributed by atoms with Crippen molar-refractivity contribution in [1.82, 2.24) is 0 Å². The molecule has 2 rings (SSSR count). The SMILES string of the molecule is Nc1ccc(Br)cc1CS(=O)(=O)Oc1ccccc1. The first-order valence-corrected chi connectivity index (χ1v) is 7.84. The summed E-state index contributed by atoms with van der Waals surface area (Å²) in [6, 6.07) is 13.4. The van der Waals surface area contributed by atoms with E-state index in [9.17, 15) is 8.42 Å². The summed E-state index contributed by atoms with van der Waals surface area (Å²) in [6.45, 7) is 0. The normalized spacial score (nSPS) is 11.2. The van der Waals surface area contributed by atoms with E-state index in [4.69, 9.17) is 9.92 Å². The third-order valence-electron chi connectivity index (χ3n) is 2.40. The Morgan fingerprint density at radius 1 is 1.11 bits per heavy atom. The smallest absolute Gasteiger partial charge is 0.313 e. The van der Waals surface area contributed by atoms with Crippen LogP contribution in [0.2, 0.25) is 0 Å². The van der Waals surface area contributed by atoms with Crippen molar-refractivity contribution in [3.05, 3.63) is 58.6 Å². The van der Waals surface area contributed by atoms with Crippen LogP contribution in [-0.2, 0) is 15.9 Å². The zero-order valence-electron chi connectivity index (χ0n) is 9.91. The lowest BCUT2D eigenvalue weighted by Gasteiger charge is -2.09. The molecule has 0 aliphatic heterocycles. The second-order valence-corrected chi connectivity index (χ2v) is 6.43. The Morgan fingerprint density at radius 3 is 2.47 bits per heavy atom. The summed E-state index contributed by atoms with van der Waals surface area (Å²) in [6.07, 6.45) is 0. The molecule has 4 nitrogen and oxygen atoms in total. The van der Waals surface area contributed by atoms with Crippen molar-refractivity contribution in [3.8, 4) is 5.75 Å². The minimum atomic E-state index is -3.73. The van der Waals surface area contributed by atoms with Gasteiger partial charge in [-0.3, -0.25) is 0 Å². The molecule has 0 aromatic heterocycles. The molecule has 0 heterocycles. The van der Waals surface area contributed by atoms with Crippen molar-refractivity contribution in [2.24, 2.45) is 0 Å². The van der Waals surface area contributed by atoms with Crippen molar-refractivity contribution in [2.45, 2.75) is 5.75 Å². The van der Waals surface area contributed by atoms with Crippen LogP contribution in [0, 0.1) is 0 Å². The summed E-state index contributed by atoms with van der Waals surface area (Å²) in [5.74, 6) is 0.0174. The standard InChI is InChI=1S/C13H12BrNO3S/c14-11-6-7-13(15)10(8-11)9-19(16,17)18-12-4-2-1-3-5-12/h1-8H,9,15H2. The van der Waals surface area contributed by atoms with Crippen LogP contribution >= 0.6 is 15.9 Å². The third-order valence-corrected chi connectivity index (χ3v) is 4.01. The van der Waals surface area contributed by atoms with Crippen molar-refractivity contribution in [3.63, 3.8) is 0 Å². The average Bonchev–Trinajstić information content (AvgIpc) is 2.34. The first kappa shape index (κ1) is 13.9. The molecular weight excluding hydrogens is 330 g/mol. The Balaban J connectivity index is 2.20. The first-order valence-electron chi connectivity index (χ1n) is 5.47. The van der Waals surface area contributed by atoms with E-state index in [0.29, 0.717) is 11.3 Å². The number of nitrogens with two attached hydrogens (primary N) is 1. The molecule has 0 aliphatic rings. The summed E-state index contributed by atoms with van der Waals surface area (Å²) in [5.41, 5.74) is 6.67. The molecule has 0 fully saturated rings. The van der Waals surface area contributed by atoms with E-state index in [2.05, 4.69) is 15.9 Å². The van der Waals surface area contributed by atoms with Gasteiger partial charge in [0.05, 0.1) is 0 Å². The molecule has 0 spiro atoms. The topological polar surface area (TPSA) is 69.4 Å². The predicted molar refractivity (Wildman–Crippen MR) is 78.2 cm³/mol. The maximum atomic E-state index is 11.9. The van der Waals surface area contributed by atoms with Crippen LogP contribution < -0.4 is 9.92 Å². The van der Waals surface area contributed by atoms with Gasteiger partial charge in [0.15, 0.2) is 0 Å². The third kappa shape index (κ3) is 3.97. The molecule has 0 bridgehead atoms. The minimum Gasteiger partial charge on any atom is -0.398 e. The van der Waals surface area contributed by atoms with Crippen molar-refractivity contribution in [1.29, 1.82) is 0 Å². The highest BCUT2D eigenvalue weighted by molar-refractivity contribution is 9.10. The molecule has 0 radical (unpaired) electrons. The lowest BCUT2D eigenvalue weighted by molar-refractivity contribution is 0.485. The molecule has 2 aromatic carbocycles. The number of benzene rings is 2. The van der Waals surface area contributed by atoms with E-state index >= 15 is 0 Å². The van der Waals surface area contributed by atoms with E-state index < -0.39 is 10.1 Å². The van der Waals surface area contributed by atoms with Crippen LogP contribution in [0.5, 0.6) is 5.75 Å². The van der Waals surface area contributed by atoms with Crippen LogP contribution in [0.15, 0.2) is 53.0 Å². The van der Waals surface area contributed by atoms with E-state index in [0.717, 1.165) is 4.47 Å². The van der Waals surface area contributed by atoms with Crippen molar-refractivity contribution in [2.75, 3.05) is 5.73 Å². The highest BCUT2D eigenvalue weighted by Gasteiger charge is 2.16. The molecule has 19 heavy (non-hydrogen) atoms. The summed E-state index contributed by atoms with van der Waals surface area (Å²) in [4.78, 5) is 0. The summed E-state index contributed by atoms with van der Waals surface area (Å²) >= 11 is 3.28. The summed E-state index contributed by atoms with van der Waals surface area (Å²) in [7, 11) is -3.73. The molecular formula is C13H12BrNO3S. The van der Waals surface area contributed by atoms with Gasteiger partial charge in [-0.2, -0.15) is 8.42 Å². The average molecular weight is 342 g/mol. The van der Waals surface area contributed by atoms with Gasteiger partial charge in [-0.25, -0.2) is 0 Å². The second kappa shape index (κ2) is 5.63. The molecule has 100 valence electrons. The number of halogens is 1. The van der Waals surface area contributed by atoms with E-state index in [1.54, 1.807) is 48.5 Å². The molecule has 0 aliphatic carbocycles. The van der Waals surface area contributed by atoms with Crippen LogP contribution in [0.1, 0.15) is 5.56 Å². The maximum absolute atomic E-state index is 11.9. The molecule has 2 aromatic rings. The van der Waals surface area contributed by atoms with E-state index in [1.807, 2.05) is 0 Å². The molecule has 0 unspecified atom stereocenters. The lowest BCUT2D eigenvalue weighted by Crippen LogP contribution is -2.13. The lowest BCUT2D eigenvalue weighted by atomic mass is 10.2. The maximum Gasteiger partial charge on any atom is 0.313 e. The Hall–Kier alpha value is -1.53. The molecule has 6 heteroatoms. The fourth-order valence-electron chi connectivity index (χ4n) is 1.54. The monoisotopic (exact) mass is 341 g/mol. The Bertz CT molecular complexity index is 672. The highest BCUT2D eigenvalue weighted by Crippen LogP contribution is 2.22. The first-order chi connectivity index (χ1) is 8.96. The van der Waals surface area contributed by atoms with Gasteiger partial charge < -0.3 is 9.92 Å². The number of para-hydroxylation sites is 1. The van der Waals surface area contributed by atoms with Gasteiger partial charge in [-0.05, 0) is 35.9 Å². The second-order valence-electron chi connectivity index (χ2n) is 3.94. The van der Waals surface area contributed by atoms with Gasteiger partial charge in [-0.15, -0.1) is 0 Å². The van der Waals surface area contributed by atoms with Crippen molar-refractivity contribution >= 4 is 31.7 Å². The quantitative estimate of drug-likeness (QED) is 0.685. The number of rotatable bonds is 4. The highest BCUT2D eigenvalue weighted by atomic mass is 79.9. The zero-order chi connectivity index (χ0) is 13.9. The Kier molecular flexibility index (Phi) is 4.11. The van der Waals surface area contributed by atoms with Gasteiger partial charge in [0.25, 0.3) is 0 Å². The molecule has 2 N–H and O–H groups in total. The predicted octanol–water partition coefficient (Wildman–Crippen LogP) is 2.94. The van der Waals surface area contributed by atoms with Crippen molar-refractivity contribution < 1.29 is 12.6 Å². The molecule has 0 amide bonds. The molecule has 0 atom stereocenters. The summed E-state index contributed by atoms with van der Waals surface area (Å²) < 4.78 is 29.7. The Labute approximate surface area is 120 Å². The number of hydrogen-bond acceptors (Lipinski definition) is 4. The number of anilines is 1. The summed E-state index contributed by atoms with van der Waals surface area (Å²) in [5, 5.41) is 0. The van der Waals surface area contributed by atoms with Crippen LogP contribution in [0.25, 0.3) is 0 Å². The minimum absolute atomic E-state index is 0.271. The molecule has 0 saturated heterocycles. The Morgan fingerprint density at radius 2 is 1.79 bits per heavy atom. The van der Waals surface area contributed by atoms with Gasteiger partial charge in [0.2, 0.25) is 0 Å². The fraction of sp³-hybridized carbons (Fsp3) is 0.0769. The van der Waals surface area contributed by atoms with Gasteiger partial charge in [-0.1, -0.05) is 34.1 Å². The van der Waals surface area contributed by atoms with Crippen LogP contribution in [0.3, 0.4) is 0 Å². The number of nitrogen functional groups attached to an aromatic ring is 1. The fourth-order valence-corrected chi connectivity index (χ4v) is 3.04. The zero-order valence-corrected chi connectivity index (χ0v) is 12.3. The van der Waals surface area contributed by atoms with Gasteiger partial charge in [0, 0.05) is 10.2 Å². The van der Waals surface area contributed by atoms with Crippen LogP contribution in [0.4, 0.5) is 5.69 Å². The van der Waals surface area contributed by atoms with Gasteiger partial charge >= 0.3 is 10.1 Å². The molecule has 0 saturated carbocycles. The largest absolute Gasteiger partial charge is 0.398 e. The number of hydrogen-bond donors (Lipinski definition) is 1. The van der Waals surface area contributed by atoms with E-state index in [1.165, 1.54) is 0 Å². The van der Waals surface area contributed by atoms with Gasteiger partial charge in [0.1, 0.15) is 11.5 Å². The van der Waals surface area contributed by atoms with E-state index in [-0.39, 0.29) is 11.5 Å². The van der Waals surface area contributed by atoms with Crippen LogP contribution in [-0.4, -0.2) is 8.42 Å².